The molecule has 4 rings (SSSR count). The van der Waals surface area contributed by atoms with Gasteiger partial charge in [-0.05, 0) is 101 Å². The number of rotatable bonds is 24. The van der Waals surface area contributed by atoms with E-state index in [-0.39, 0.29) is 23.6 Å². The van der Waals surface area contributed by atoms with Crippen molar-refractivity contribution >= 4 is 31.3 Å². The first-order valence-corrected chi connectivity index (χ1v) is 19.6. The average Bonchev–Trinajstić information content (AvgIpc) is 3.89. The monoisotopic (exact) mass is 731 g/mol. The van der Waals surface area contributed by atoms with Crippen LogP contribution in [-0.4, -0.2) is 69.9 Å². The lowest BCUT2D eigenvalue weighted by atomic mass is 9.83. The van der Waals surface area contributed by atoms with Crippen molar-refractivity contribution in [3.8, 4) is 0 Å². The number of nitrogens with two attached hydrogens (primary N) is 2. The average molecular weight is 732 g/mol. The quantitative estimate of drug-likeness (QED) is 0.0410. The predicted octanol–water partition coefficient (Wildman–Crippen LogP) is 3.54. The molecule has 1 radical (unpaired) electrons. The van der Waals surface area contributed by atoms with E-state index in [1.165, 1.54) is 11.1 Å². The molecule has 0 aliphatic heterocycles. The first-order chi connectivity index (χ1) is 25.8. The van der Waals surface area contributed by atoms with Gasteiger partial charge in [0.15, 0.2) is 0 Å². The third kappa shape index (κ3) is 12.7. The van der Waals surface area contributed by atoms with Gasteiger partial charge in [0.2, 0.25) is 23.6 Å². The van der Waals surface area contributed by atoms with Gasteiger partial charge in [0.05, 0.1) is 0 Å². The van der Waals surface area contributed by atoms with Crippen LogP contribution < -0.4 is 32.7 Å². The van der Waals surface area contributed by atoms with E-state index in [9.17, 15) is 19.2 Å². The molecule has 0 saturated heterocycles. The van der Waals surface area contributed by atoms with Gasteiger partial charge < -0.3 is 42.0 Å². The molecule has 0 aromatic heterocycles. The highest BCUT2D eigenvalue weighted by molar-refractivity contribution is 6.18. The maximum Gasteiger partial charge on any atom is 0.491 e. The summed E-state index contributed by atoms with van der Waals surface area (Å²) in [6, 6.07) is 20.2. The van der Waals surface area contributed by atoms with Crippen molar-refractivity contribution in [2.75, 3.05) is 26.2 Å². The van der Waals surface area contributed by atoms with Gasteiger partial charge in [0.25, 0.3) is 0 Å². The Bertz CT molecular complexity index is 1300. The van der Waals surface area contributed by atoms with Crippen LogP contribution in [0.4, 0.5) is 0 Å². The van der Waals surface area contributed by atoms with Gasteiger partial charge >= 0.3 is 7.69 Å². The van der Waals surface area contributed by atoms with Crippen LogP contribution in [0.3, 0.4) is 0 Å². The van der Waals surface area contributed by atoms with Gasteiger partial charge in [-0.2, -0.15) is 0 Å². The summed E-state index contributed by atoms with van der Waals surface area (Å²) >= 11 is 0. The summed E-state index contributed by atoms with van der Waals surface area (Å²) in [5.74, 6) is -1.28. The second-order valence-electron chi connectivity index (χ2n) is 14.4. The molecule has 12 nitrogen and oxygen atoms in total. The largest absolute Gasteiger partial charge is 0.491 e. The van der Waals surface area contributed by atoms with Gasteiger partial charge in [0.1, 0.15) is 23.3 Å². The van der Waals surface area contributed by atoms with E-state index in [4.69, 9.17) is 20.8 Å². The Morgan fingerprint density at radius 2 is 0.962 bits per heavy atom. The van der Waals surface area contributed by atoms with E-state index >= 15 is 0 Å². The van der Waals surface area contributed by atoms with Crippen LogP contribution in [0.25, 0.3) is 0 Å². The molecule has 2 unspecified atom stereocenters. The highest BCUT2D eigenvalue weighted by atomic mass is 16.6. The standard InChI is InChI=1S/C40H60BN6O6/c42-27-11-21-33(46-37(50)39(23-7-8-24-39)35(48)44-29-13-19-31-15-3-1-4-16-31)52-41-53-34(22-12-28-43)47-38(51)40(25-9-10-26-40)36(49)45-30-14-20-32-17-5-2-6-18-32/h1-6,15-18,33-34H,7-14,19-30,42-43H2,(H,44,48)(H,45,49)(H,46,50)(H,47,51). The zero-order valence-corrected chi connectivity index (χ0v) is 31.3. The second kappa shape index (κ2) is 22.4. The molecule has 0 spiro atoms. The molecule has 2 atom stereocenters. The normalized spacial score (nSPS) is 17.0. The summed E-state index contributed by atoms with van der Waals surface area (Å²) in [6.07, 6.45) is 8.48. The van der Waals surface area contributed by atoms with Crippen LogP contribution >= 0.6 is 0 Å². The number of aryl methyl sites for hydroxylation is 2. The zero-order valence-electron chi connectivity index (χ0n) is 31.3. The maximum absolute atomic E-state index is 13.8. The lowest BCUT2D eigenvalue weighted by Crippen LogP contribution is -2.54. The molecule has 2 aromatic carbocycles. The predicted molar refractivity (Wildman–Crippen MR) is 206 cm³/mol. The van der Waals surface area contributed by atoms with Crippen LogP contribution in [0.2, 0.25) is 0 Å². The van der Waals surface area contributed by atoms with E-state index in [1.807, 2.05) is 36.4 Å². The van der Waals surface area contributed by atoms with Crippen molar-refractivity contribution in [2.45, 2.75) is 115 Å². The third-order valence-corrected chi connectivity index (χ3v) is 10.6. The minimum Gasteiger partial charge on any atom is -0.393 e. The summed E-state index contributed by atoms with van der Waals surface area (Å²) in [6.45, 7) is 1.72. The SMILES string of the molecule is NCCCC(NC(=O)C1(C(=O)NCCCc2ccccc2)CCCC1)O[B]OC(CCCN)NC(=O)C1(C(=O)NCCCc2ccccc2)CCCC1. The van der Waals surface area contributed by atoms with E-state index in [0.29, 0.717) is 77.5 Å². The van der Waals surface area contributed by atoms with Gasteiger partial charge in [-0.15, -0.1) is 0 Å². The topological polar surface area (TPSA) is 187 Å². The van der Waals surface area contributed by atoms with Crippen molar-refractivity contribution < 1.29 is 28.5 Å². The molecule has 0 bridgehead atoms. The molecular weight excluding hydrogens is 671 g/mol. The minimum atomic E-state index is -1.17. The fraction of sp³-hybridized carbons (Fsp3) is 0.600. The van der Waals surface area contributed by atoms with Gasteiger partial charge in [-0.3, -0.25) is 19.2 Å². The van der Waals surface area contributed by atoms with Crippen LogP contribution in [0, 0.1) is 10.8 Å². The fourth-order valence-electron chi connectivity index (χ4n) is 7.38. The van der Waals surface area contributed by atoms with Crippen molar-refractivity contribution in [1.82, 2.24) is 21.3 Å². The Kier molecular flexibility index (Phi) is 17.8. The Morgan fingerprint density at radius 3 is 1.32 bits per heavy atom. The van der Waals surface area contributed by atoms with E-state index in [2.05, 4.69) is 45.5 Å². The third-order valence-electron chi connectivity index (χ3n) is 10.6. The molecule has 2 aromatic rings. The Morgan fingerprint density at radius 1 is 0.585 bits per heavy atom. The lowest BCUT2D eigenvalue weighted by molar-refractivity contribution is -0.146. The highest BCUT2D eigenvalue weighted by Crippen LogP contribution is 2.40. The molecule has 13 heteroatoms. The maximum atomic E-state index is 13.8. The summed E-state index contributed by atoms with van der Waals surface area (Å²) in [4.78, 5) is 54.6. The summed E-state index contributed by atoms with van der Waals surface area (Å²) < 4.78 is 11.8. The van der Waals surface area contributed by atoms with Gasteiger partial charge in [-0.1, -0.05) is 86.3 Å². The number of nitrogens with one attached hydrogen (secondary N) is 4. The minimum absolute atomic E-state index is 0.260. The smallest absolute Gasteiger partial charge is 0.393 e. The van der Waals surface area contributed by atoms with Gasteiger partial charge in [0, 0.05) is 13.1 Å². The zero-order chi connectivity index (χ0) is 37.8. The lowest BCUT2D eigenvalue weighted by Gasteiger charge is -2.31. The molecule has 2 fully saturated rings. The number of carbonyl (C=O) groups excluding carboxylic acids is 4. The number of hydrogen-bond acceptors (Lipinski definition) is 8. The van der Waals surface area contributed by atoms with Crippen molar-refractivity contribution in [2.24, 2.45) is 22.3 Å². The molecule has 4 amide bonds. The van der Waals surface area contributed by atoms with E-state index in [1.54, 1.807) is 0 Å². The molecule has 2 aliphatic carbocycles. The van der Waals surface area contributed by atoms with Crippen molar-refractivity contribution in [1.29, 1.82) is 0 Å². The molecule has 53 heavy (non-hydrogen) atoms. The number of benzene rings is 2. The molecular formula is C40H60BN6O6. The molecule has 8 N–H and O–H groups in total. The first kappa shape index (κ1) is 42.0. The van der Waals surface area contributed by atoms with Crippen molar-refractivity contribution in [3.05, 3.63) is 71.8 Å². The van der Waals surface area contributed by atoms with Crippen LogP contribution in [0.15, 0.2) is 60.7 Å². The summed E-state index contributed by atoms with van der Waals surface area (Å²) in [7, 11) is 1.12. The van der Waals surface area contributed by atoms with Crippen LogP contribution in [-0.2, 0) is 41.3 Å². The van der Waals surface area contributed by atoms with E-state index < -0.39 is 23.3 Å². The number of amides is 4. The summed E-state index contributed by atoms with van der Waals surface area (Å²) in [5.41, 5.74) is 11.6. The number of carbonyl (C=O) groups is 4. The first-order valence-electron chi connectivity index (χ1n) is 19.6. The number of hydrogen-bond donors (Lipinski definition) is 6. The second-order valence-corrected chi connectivity index (χ2v) is 14.4. The fourth-order valence-corrected chi connectivity index (χ4v) is 7.38. The highest BCUT2D eigenvalue weighted by Gasteiger charge is 2.49. The van der Waals surface area contributed by atoms with Gasteiger partial charge in [-0.25, -0.2) is 0 Å². The summed E-state index contributed by atoms with van der Waals surface area (Å²) in [5, 5.41) is 11.9. The molecule has 289 valence electrons. The molecule has 2 saturated carbocycles. The van der Waals surface area contributed by atoms with Crippen molar-refractivity contribution in [3.63, 3.8) is 0 Å². The van der Waals surface area contributed by atoms with Crippen LogP contribution in [0.5, 0.6) is 0 Å². The van der Waals surface area contributed by atoms with E-state index in [0.717, 1.165) is 59.1 Å². The Labute approximate surface area is 316 Å². The Balaban J connectivity index is 1.30. The Hall–Kier alpha value is -3.78. The molecule has 2 aliphatic rings. The van der Waals surface area contributed by atoms with Crippen LogP contribution in [0.1, 0.15) is 101 Å². The molecule has 0 heterocycles.